The molecular weight excluding hydrogens is 246 g/mol. The van der Waals surface area contributed by atoms with Gasteiger partial charge in [-0.05, 0) is 75.3 Å². The first-order valence-corrected chi connectivity index (χ1v) is 8.07. The van der Waals surface area contributed by atoms with E-state index in [4.69, 9.17) is 4.74 Å². The van der Waals surface area contributed by atoms with Crippen LogP contribution in [0.1, 0.15) is 63.5 Å². The van der Waals surface area contributed by atoms with E-state index >= 15 is 0 Å². The summed E-state index contributed by atoms with van der Waals surface area (Å²) in [6.07, 6.45) is 5.34. The summed E-state index contributed by atoms with van der Waals surface area (Å²) in [5.74, 6) is 1.59. The van der Waals surface area contributed by atoms with Crippen LogP contribution in [0.15, 0.2) is 18.2 Å². The number of rotatable bonds is 8. The van der Waals surface area contributed by atoms with Crippen LogP contribution in [0, 0.1) is 6.92 Å². The van der Waals surface area contributed by atoms with Gasteiger partial charge in [-0.15, -0.1) is 0 Å². The zero-order valence-electron chi connectivity index (χ0n) is 13.4. The number of benzene rings is 1. The van der Waals surface area contributed by atoms with Crippen LogP contribution >= 0.6 is 0 Å². The van der Waals surface area contributed by atoms with Gasteiger partial charge in [0.1, 0.15) is 5.75 Å². The molecule has 1 N–H and O–H groups in total. The molecule has 20 heavy (non-hydrogen) atoms. The van der Waals surface area contributed by atoms with Crippen molar-refractivity contribution in [3.05, 3.63) is 29.3 Å². The van der Waals surface area contributed by atoms with Crippen LogP contribution < -0.4 is 10.1 Å². The average Bonchev–Trinajstić information content (AvgIpc) is 3.18. The highest BCUT2D eigenvalue weighted by Gasteiger charge is 2.19. The summed E-state index contributed by atoms with van der Waals surface area (Å²) in [6, 6.07) is 7.31. The summed E-state index contributed by atoms with van der Waals surface area (Å²) in [6.45, 7) is 9.94. The fraction of sp³-hybridized carbons (Fsp3) is 0.667. The lowest BCUT2D eigenvalue weighted by Gasteiger charge is -2.17. The molecule has 1 unspecified atom stereocenters. The summed E-state index contributed by atoms with van der Waals surface area (Å²) in [7, 11) is 0. The Morgan fingerprint density at radius 2 is 2.00 bits per heavy atom. The molecule has 0 aromatic heterocycles. The lowest BCUT2D eigenvalue weighted by molar-refractivity contribution is 0.207. The van der Waals surface area contributed by atoms with Gasteiger partial charge in [-0.25, -0.2) is 0 Å². The third-order valence-electron chi connectivity index (χ3n) is 4.00. The van der Waals surface area contributed by atoms with E-state index in [1.165, 1.54) is 30.4 Å². The largest absolute Gasteiger partial charge is 0.491 e. The van der Waals surface area contributed by atoms with Crippen molar-refractivity contribution >= 4 is 0 Å². The van der Waals surface area contributed by atoms with Crippen LogP contribution in [0.3, 0.4) is 0 Å². The maximum absolute atomic E-state index is 6.02. The van der Waals surface area contributed by atoms with E-state index in [1.807, 2.05) is 0 Å². The van der Waals surface area contributed by atoms with Gasteiger partial charge in [-0.2, -0.15) is 0 Å². The highest BCUT2D eigenvalue weighted by atomic mass is 16.5. The molecule has 112 valence electrons. The smallest absolute Gasteiger partial charge is 0.119 e. The Morgan fingerprint density at radius 1 is 1.25 bits per heavy atom. The molecule has 1 aliphatic carbocycles. The van der Waals surface area contributed by atoms with Crippen LogP contribution in [0.25, 0.3) is 0 Å². The Bertz CT molecular complexity index is 423. The molecule has 2 heteroatoms. The molecular formula is C18H29NO. The highest BCUT2D eigenvalue weighted by molar-refractivity contribution is 5.36. The van der Waals surface area contributed by atoms with Gasteiger partial charge in [0.2, 0.25) is 0 Å². The molecule has 0 radical (unpaired) electrons. The lowest BCUT2D eigenvalue weighted by Crippen LogP contribution is -2.20. The predicted octanol–water partition coefficient (Wildman–Crippen LogP) is 4.42. The Morgan fingerprint density at radius 3 is 2.60 bits per heavy atom. The standard InChI is InChI=1S/C18H29NO/c1-13(2)18-10-9-17(12-14(18)3)20-15(4)6-5-11-19-16-7-8-16/h9-10,12-13,15-16,19H,5-8,11H2,1-4H3. The summed E-state index contributed by atoms with van der Waals surface area (Å²) in [4.78, 5) is 0. The van der Waals surface area contributed by atoms with Crippen molar-refractivity contribution in [2.24, 2.45) is 0 Å². The Hall–Kier alpha value is -1.02. The fourth-order valence-electron chi connectivity index (χ4n) is 2.64. The van der Waals surface area contributed by atoms with E-state index in [0.717, 1.165) is 24.8 Å². The monoisotopic (exact) mass is 275 g/mol. The van der Waals surface area contributed by atoms with Crippen molar-refractivity contribution < 1.29 is 4.74 Å². The lowest BCUT2D eigenvalue weighted by atomic mass is 9.98. The molecule has 0 amide bonds. The first-order chi connectivity index (χ1) is 9.56. The quantitative estimate of drug-likeness (QED) is 0.709. The van der Waals surface area contributed by atoms with Gasteiger partial charge in [0.25, 0.3) is 0 Å². The Kier molecular flexibility index (Phi) is 5.47. The second-order valence-corrected chi connectivity index (χ2v) is 6.47. The molecule has 1 aromatic carbocycles. The number of nitrogens with one attached hydrogen (secondary N) is 1. The zero-order valence-corrected chi connectivity index (χ0v) is 13.4. The molecule has 1 aromatic rings. The maximum atomic E-state index is 6.02. The molecule has 0 spiro atoms. The topological polar surface area (TPSA) is 21.3 Å². The van der Waals surface area contributed by atoms with Crippen molar-refractivity contribution in [3.8, 4) is 5.75 Å². The molecule has 0 aliphatic heterocycles. The van der Waals surface area contributed by atoms with Crippen molar-refractivity contribution in [2.45, 2.75) is 71.4 Å². The fourth-order valence-corrected chi connectivity index (χ4v) is 2.64. The minimum atomic E-state index is 0.292. The minimum Gasteiger partial charge on any atom is -0.491 e. The SMILES string of the molecule is Cc1cc(OC(C)CCCNC2CC2)ccc1C(C)C. The molecule has 0 saturated heterocycles. The number of hydrogen-bond donors (Lipinski definition) is 1. The van der Waals surface area contributed by atoms with Crippen molar-refractivity contribution in [1.29, 1.82) is 0 Å². The summed E-state index contributed by atoms with van der Waals surface area (Å²) >= 11 is 0. The second-order valence-electron chi connectivity index (χ2n) is 6.47. The Balaban J connectivity index is 1.74. The third-order valence-corrected chi connectivity index (χ3v) is 4.00. The molecule has 1 saturated carbocycles. The minimum absolute atomic E-state index is 0.292. The van der Waals surface area contributed by atoms with E-state index in [1.54, 1.807) is 0 Å². The molecule has 1 aliphatic rings. The van der Waals surface area contributed by atoms with Crippen LogP contribution in [0.4, 0.5) is 0 Å². The van der Waals surface area contributed by atoms with Gasteiger partial charge in [0.05, 0.1) is 6.10 Å². The van der Waals surface area contributed by atoms with Crippen molar-refractivity contribution in [3.63, 3.8) is 0 Å². The average molecular weight is 275 g/mol. The third kappa shape index (κ3) is 4.82. The van der Waals surface area contributed by atoms with Crippen LogP contribution in [-0.2, 0) is 0 Å². The van der Waals surface area contributed by atoms with Crippen LogP contribution in [0.5, 0.6) is 5.75 Å². The van der Waals surface area contributed by atoms with Gasteiger partial charge in [0.15, 0.2) is 0 Å². The van der Waals surface area contributed by atoms with E-state index in [-0.39, 0.29) is 0 Å². The molecule has 2 nitrogen and oxygen atoms in total. The van der Waals surface area contributed by atoms with Crippen molar-refractivity contribution in [2.75, 3.05) is 6.54 Å². The summed E-state index contributed by atoms with van der Waals surface area (Å²) < 4.78 is 6.02. The molecule has 1 fully saturated rings. The molecule has 0 heterocycles. The molecule has 2 rings (SSSR count). The summed E-state index contributed by atoms with van der Waals surface area (Å²) in [5.41, 5.74) is 2.75. The van der Waals surface area contributed by atoms with Crippen LogP contribution in [0.2, 0.25) is 0 Å². The van der Waals surface area contributed by atoms with Crippen molar-refractivity contribution in [1.82, 2.24) is 5.32 Å². The van der Waals surface area contributed by atoms with Gasteiger partial charge < -0.3 is 10.1 Å². The second kappa shape index (κ2) is 7.12. The first-order valence-electron chi connectivity index (χ1n) is 8.07. The van der Waals surface area contributed by atoms with Gasteiger partial charge in [0, 0.05) is 6.04 Å². The number of hydrogen-bond acceptors (Lipinski definition) is 2. The van der Waals surface area contributed by atoms with Gasteiger partial charge in [-0.3, -0.25) is 0 Å². The normalized spacial score (nSPS) is 16.4. The van der Waals surface area contributed by atoms with E-state index < -0.39 is 0 Å². The summed E-state index contributed by atoms with van der Waals surface area (Å²) in [5, 5.41) is 3.55. The maximum Gasteiger partial charge on any atom is 0.119 e. The first kappa shape index (κ1) is 15.4. The zero-order chi connectivity index (χ0) is 14.5. The molecule has 1 atom stereocenters. The Labute approximate surface area is 123 Å². The molecule has 0 bridgehead atoms. The van der Waals surface area contributed by atoms with Gasteiger partial charge >= 0.3 is 0 Å². The highest BCUT2D eigenvalue weighted by Crippen LogP contribution is 2.24. The number of ether oxygens (including phenoxy) is 1. The van der Waals surface area contributed by atoms with Gasteiger partial charge in [-0.1, -0.05) is 19.9 Å². The van der Waals surface area contributed by atoms with Crippen LogP contribution in [-0.4, -0.2) is 18.7 Å². The number of aryl methyl sites for hydroxylation is 1. The van der Waals surface area contributed by atoms with E-state index in [0.29, 0.717) is 12.0 Å². The van der Waals surface area contributed by atoms with E-state index in [9.17, 15) is 0 Å². The van der Waals surface area contributed by atoms with E-state index in [2.05, 4.69) is 51.2 Å². The predicted molar refractivity (Wildman–Crippen MR) is 85.6 cm³/mol.